The summed E-state index contributed by atoms with van der Waals surface area (Å²) in [5.41, 5.74) is 0.911. The Morgan fingerprint density at radius 3 is 2.57 bits per heavy atom. The van der Waals surface area contributed by atoms with Crippen LogP contribution in [0.4, 0.5) is 0 Å². The second-order valence-electron chi connectivity index (χ2n) is 7.82. The summed E-state index contributed by atoms with van der Waals surface area (Å²) in [6, 6.07) is 15.1. The number of halogens is 4. The van der Waals surface area contributed by atoms with Gasteiger partial charge in [-0.1, -0.05) is 65.1 Å². The van der Waals surface area contributed by atoms with Crippen LogP contribution in [0, 0.1) is 0 Å². The van der Waals surface area contributed by atoms with Crippen LogP contribution < -0.4 is 10.3 Å². The first-order chi connectivity index (χ1) is 16.7. The lowest BCUT2D eigenvalue weighted by atomic mass is 10.2. The lowest BCUT2D eigenvalue weighted by molar-refractivity contribution is 0.0733. The van der Waals surface area contributed by atoms with Crippen molar-refractivity contribution in [1.82, 2.24) is 9.66 Å². The zero-order valence-corrected chi connectivity index (χ0v) is 23.1. The molecule has 0 aliphatic carbocycles. The molecule has 0 radical (unpaired) electrons. The van der Waals surface area contributed by atoms with Crippen LogP contribution in [0.3, 0.4) is 0 Å². The summed E-state index contributed by atoms with van der Waals surface area (Å²) in [7, 11) is 0. The third-order valence-electron chi connectivity index (χ3n) is 4.99. The molecule has 10 heteroatoms. The SMILES string of the molecule is CC(C)c1nc2ccccc2c(=O)n1N=Cc1cc(Br)cc(Br)c1OC(=O)c1ccc(Cl)cc1Cl. The molecule has 4 rings (SSSR count). The molecule has 0 unspecified atom stereocenters. The molecule has 1 heterocycles. The Bertz CT molecular complexity index is 1550. The molecular weight excluding hydrogens is 621 g/mol. The molecule has 0 N–H and O–H groups in total. The van der Waals surface area contributed by atoms with Gasteiger partial charge in [-0.15, -0.1) is 0 Å². The van der Waals surface area contributed by atoms with Crippen LogP contribution >= 0.6 is 55.1 Å². The highest BCUT2D eigenvalue weighted by Gasteiger charge is 2.19. The molecule has 0 aliphatic rings. The summed E-state index contributed by atoms with van der Waals surface area (Å²) in [6.07, 6.45) is 1.45. The first-order valence-corrected chi connectivity index (χ1v) is 12.7. The monoisotopic (exact) mass is 635 g/mol. The predicted octanol–water partition coefficient (Wildman–Crippen LogP) is 7.45. The number of para-hydroxylation sites is 1. The van der Waals surface area contributed by atoms with Crippen LogP contribution in [0.15, 0.2) is 73.4 Å². The van der Waals surface area contributed by atoms with E-state index in [1.807, 2.05) is 19.9 Å². The van der Waals surface area contributed by atoms with Crippen molar-refractivity contribution in [3.63, 3.8) is 0 Å². The Hall–Kier alpha value is -2.52. The highest BCUT2D eigenvalue weighted by molar-refractivity contribution is 9.11. The molecule has 6 nitrogen and oxygen atoms in total. The van der Waals surface area contributed by atoms with Gasteiger partial charge in [-0.25, -0.2) is 9.78 Å². The quantitative estimate of drug-likeness (QED) is 0.129. The van der Waals surface area contributed by atoms with E-state index in [4.69, 9.17) is 27.9 Å². The smallest absolute Gasteiger partial charge is 0.345 e. The van der Waals surface area contributed by atoms with Crippen molar-refractivity contribution in [3.8, 4) is 5.75 Å². The number of fused-ring (bicyclic) bond motifs is 1. The van der Waals surface area contributed by atoms with Gasteiger partial charge in [0, 0.05) is 21.0 Å². The van der Waals surface area contributed by atoms with Gasteiger partial charge in [0.2, 0.25) is 0 Å². The molecule has 4 aromatic rings. The molecule has 0 bridgehead atoms. The summed E-state index contributed by atoms with van der Waals surface area (Å²) >= 11 is 19.0. The van der Waals surface area contributed by atoms with Crippen molar-refractivity contribution in [3.05, 3.63) is 101 Å². The Morgan fingerprint density at radius 2 is 1.86 bits per heavy atom. The minimum Gasteiger partial charge on any atom is -0.421 e. The van der Waals surface area contributed by atoms with E-state index >= 15 is 0 Å². The van der Waals surface area contributed by atoms with E-state index in [0.717, 1.165) is 0 Å². The molecule has 35 heavy (non-hydrogen) atoms. The van der Waals surface area contributed by atoms with Crippen LogP contribution in [-0.4, -0.2) is 21.8 Å². The lowest BCUT2D eigenvalue weighted by Crippen LogP contribution is -2.23. The van der Waals surface area contributed by atoms with Crippen molar-refractivity contribution in [2.45, 2.75) is 19.8 Å². The van der Waals surface area contributed by atoms with Gasteiger partial charge < -0.3 is 4.74 Å². The maximum atomic E-state index is 13.2. The predicted molar refractivity (Wildman–Crippen MR) is 146 cm³/mol. The number of hydrogen-bond donors (Lipinski definition) is 0. The summed E-state index contributed by atoms with van der Waals surface area (Å²) in [5, 5.41) is 5.46. The van der Waals surface area contributed by atoms with Crippen molar-refractivity contribution < 1.29 is 9.53 Å². The maximum absolute atomic E-state index is 13.2. The van der Waals surface area contributed by atoms with Crippen molar-refractivity contribution in [2.75, 3.05) is 0 Å². The van der Waals surface area contributed by atoms with Gasteiger partial charge in [0.1, 0.15) is 5.82 Å². The second kappa shape index (κ2) is 10.6. The minimum atomic E-state index is -0.670. The summed E-state index contributed by atoms with van der Waals surface area (Å²) < 4.78 is 8.15. The van der Waals surface area contributed by atoms with Crippen LogP contribution in [0.2, 0.25) is 10.0 Å². The van der Waals surface area contributed by atoms with E-state index in [1.54, 1.807) is 36.4 Å². The Balaban J connectivity index is 1.79. The van der Waals surface area contributed by atoms with E-state index in [0.29, 0.717) is 36.3 Å². The first-order valence-electron chi connectivity index (χ1n) is 10.4. The Labute approximate surface area is 227 Å². The number of esters is 1. The van der Waals surface area contributed by atoms with E-state index in [2.05, 4.69) is 41.9 Å². The Morgan fingerprint density at radius 1 is 1.11 bits per heavy atom. The molecule has 3 aromatic carbocycles. The fourth-order valence-corrected chi connectivity index (χ4v) is 5.16. The molecule has 1 aromatic heterocycles. The van der Waals surface area contributed by atoms with Gasteiger partial charge in [0.05, 0.1) is 32.2 Å². The number of hydrogen-bond acceptors (Lipinski definition) is 5. The molecule has 178 valence electrons. The van der Waals surface area contributed by atoms with Gasteiger partial charge >= 0.3 is 5.97 Å². The lowest BCUT2D eigenvalue weighted by Gasteiger charge is -2.13. The fourth-order valence-electron chi connectivity index (χ4n) is 3.33. The number of benzene rings is 3. The van der Waals surface area contributed by atoms with Crippen LogP contribution in [0.25, 0.3) is 10.9 Å². The van der Waals surface area contributed by atoms with Gasteiger partial charge in [-0.2, -0.15) is 9.78 Å². The van der Waals surface area contributed by atoms with Crippen molar-refractivity contribution in [2.24, 2.45) is 5.10 Å². The molecule has 0 saturated carbocycles. The largest absolute Gasteiger partial charge is 0.421 e. The fraction of sp³-hybridized carbons (Fsp3) is 0.120. The molecule has 0 aliphatic heterocycles. The highest BCUT2D eigenvalue weighted by Crippen LogP contribution is 2.33. The third-order valence-corrected chi connectivity index (χ3v) is 6.59. The zero-order valence-electron chi connectivity index (χ0n) is 18.4. The number of ether oxygens (including phenoxy) is 1. The van der Waals surface area contributed by atoms with E-state index in [-0.39, 0.29) is 27.8 Å². The number of aromatic nitrogens is 2. The summed E-state index contributed by atoms with van der Waals surface area (Å²) in [6.45, 7) is 3.86. The van der Waals surface area contributed by atoms with Gasteiger partial charge in [0.25, 0.3) is 5.56 Å². The second-order valence-corrected chi connectivity index (χ2v) is 10.4. The summed E-state index contributed by atoms with van der Waals surface area (Å²) in [4.78, 5) is 30.7. The number of nitrogens with zero attached hydrogens (tertiary/aromatic N) is 3. The minimum absolute atomic E-state index is 0.0666. The van der Waals surface area contributed by atoms with E-state index in [1.165, 1.54) is 23.0 Å². The topological polar surface area (TPSA) is 73.6 Å². The average Bonchev–Trinajstić information content (AvgIpc) is 2.80. The third kappa shape index (κ3) is 5.51. The van der Waals surface area contributed by atoms with Gasteiger partial charge in [-0.05, 0) is 58.4 Å². The number of rotatable bonds is 5. The Kier molecular flexibility index (Phi) is 7.76. The van der Waals surface area contributed by atoms with E-state index < -0.39 is 5.97 Å². The molecule has 0 atom stereocenters. The van der Waals surface area contributed by atoms with Crippen LogP contribution in [0.1, 0.15) is 41.5 Å². The number of carbonyl (C=O) groups excluding carboxylic acids is 1. The molecular formula is C25H17Br2Cl2N3O3. The van der Waals surface area contributed by atoms with Crippen LogP contribution in [-0.2, 0) is 0 Å². The number of carbonyl (C=O) groups is 1. The molecule has 0 fully saturated rings. The zero-order chi connectivity index (χ0) is 25.3. The van der Waals surface area contributed by atoms with Crippen molar-refractivity contribution >= 4 is 78.1 Å². The molecule has 0 amide bonds. The first kappa shape index (κ1) is 25.6. The van der Waals surface area contributed by atoms with Gasteiger partial charge in [-0.3, -0.25) is 4.79 Å². The van der Waals surface area contributed by atoms with Crippen molar-refractivity contribution in [1.29, 1.82) is 0 Å². The normalized spacial score (nSPS) is 11.5. The average molecular weight is 638 g/mol. The van der Waals surface area contributed by atoms with E-state index in [9.17, 15) is 9.59 Å². The highest BCUT2D eigenvalue weighted by atomic mass is 79.9. The van der Waals surface area contributed by atoms with Crippen LogP contribution in [0.5, 0.6) is 5.75 Å². The summed E-state index contributed by atoms with van der Waals surface area (Å²) in [5.74, 6) is -0.0221. The molecule has 0 spiro atoms. The standard InChI is InChI=1S/C25H17Br2Cl2N3O3/c1-13(2)23-31-21-6-4-3-5-18(21)24(33)32(23)30-12-14-9-15(26)10-19(27)22(14)35-25(34)17-8-7-16(28)11-20(17)29/h3-13H,1-2H3. The van der Waals surface area contributed by atoms with Gasteiger partial charge in [0.15, 0.2) is 5.75 Å². The maximum Gasteiger partial charge on any atom is 0.345 e. The molecule has 0 saturated heterocycles.